The molecule has 1 aromatic carbocycles. The number of benzene rings is 1. The van der Waals surface area contributed by atoms with Crippen LogP contribution in [0.4, 0.5) is 30.6 Å². The highest BCUT2D eigenvalue weighted by molar-refractivity contribution is 8.00. The average Bonchev–Trinajstić information content (AvgIpc) is 2.69. The Bertz CT molecular complexity index is 922. The molecule has 0 unspecified atom stereocenters. The van der Waals surface area contributed by atoms with Crippen LogP contribution in [-0.4, -0.2) is 52.0 Å². The Morgan fingerprint density at radius 3 is 2.61 bits per heavy atom. The minimum atomic E-state index is -4.41. The number of nitrogens with two attached hydrogens (primary N) is 1. The van der Waals surface area contributed by atoms with Gasteiger partial charge in [-0.25, -0.2) is 4.98 Å². The molecule has 0 bridgehead atoms. The van der Waals surface area contributed by atoms with Crippen molar-refractivity contribution in [1.29, 1.82) is 0 Å². The first-order chi connectivity index (χ1) is 14.6. The Kier molecular flexibility index (Phi) is 7.21. The molecule has 1 aliphatic rings. The van der Waals surface area contributed by atoms with Crippen molar-refractivity contribution in [2.24, 2.45) is 5.92 Å². The molecule has 1 fully saturated rings. The average molecular weight is 456 g/mol. The summed E-state index contributed by atoms with van der Waals surface area (Å²) in [7, 11) is 2.04. The van der Waals surface area contributed by atoms with Crippen LogP contribution in [-0.2, 0) is 6.54 Å². The summed E-state index contributed by atoms with van der Waals surface area (Å²) >= 11 is -0.168. The van der Waals surface area contributed by atoms with E-state index in [0.29, 0.717) is 18.0 Å². The predicted octanol–water partition coefficient (Wildman–Crippen LogP) is 3.93. The first kappa shape index (κ1) is 23.1. The van der Waals surface area contributed by atoms with Gasteiger partial charge in [-0.05, 0) is 62.3 Å². The van der Waals surface area contributed by atoms with E-state index < -0.39 is 16.1 Å². The van der Waals surface area contributed by atoms with E-state index in [1.165, 1.54) is 6.07 Å². The smallest absolute Gasteiger partial charge is 0.378 e. The second-order valence-corrected chi connectivity index (χ2v) is 8.59. The highest BCUT2D eigenvalue weighted by Crippen LogP contribution is 2.39. The van der Waals surface area contributed by atoms with Crippen LogP contribution in [0.1, 0.15) is 18.4 Å². The molecular weight excluding hydrogens is 433 g/mol. The molecular formula is C19H23F3N6O2S. The summed E-state index contributed by atoms with van der Waals surface area (Å²) in [6.45, 7) is 2.48. The second kappa shape index (κ2) is 9.69. The van der Waals surface area contributed by atoms with E-state index in [1.807, 2.05) is 7.05 Å². The number of likely N-dealkylation sites (tertiary alicyclic amines) is 1. The van der Waals surface area contributed by atoms with E-state index in [2.05, 4.69) is 14.9 Å². The van der Waals surface area contributed by atoms with Gasteiger partial charge >= 0.3 is 11.2 Å². The summed E-state index contributed by atoms with van der Waals surface area (Å²) in [6, 6.07) is 6.28. The molecule has 2 N–H and O–H groups in total. The third-order valence-corrected chi connectivity index (χ3v) is 5.99. The summed E-state index contributed by atoms with van der Waals surface area (Å²) in [4.78, 5) is 22.6. The van der Waals surface area contributed by atoms with Gasteiger partial charge in [0.15, 0.2) is 0 Å². The van der Waals surface area contributed by atoms with Gasteiger partial charge in [-0.3, -0.25) is 10.1 Å². The number of nitrogen functional groups attached to an aromatic ring is 1. The molecule has 1 aliphatic heterocycles. The lowest BCUT2D eigenvalue weighted by atomic mass is 9.96. The van der Waals surface area contributed by atoms with Crippen molar-refractivity contribution in [2.75, 3.05) is 37.3 Å². The summed E-state index contributed by atoms with van der Waals surface area (Å²) in [5.74, 6) is 0.175. The lowest BCUT2D eigenvalue weighted by Gasteiger charge is -2.33. The van der Waals surface area contributed by atoms with Gasteiger partial charge in [0.2, 0.25) is 11.8 Å². The van der Waals surface area contributed by atoms with Gasteiger partial charge < -0.3 is 15.5 Å². The van der Waals surface area contributed by atoms with E-state index in [1.54, 1.807) is 23.1 Å². The van der Waals surface area contributed by atoms with Crippen LogP contribution in [0, 0.1) is 16.0 Å². The minimum absolute atomic E-state index is 0.0956. The van der Waals surface area contributed by atoms with Gasteiger partial charge in [0.05, 0.1) is 4.92 Å². The van der Waals surface area contributed by atoms with Crippen molar-refractivity contribution in [3.63, 3.8) is 0 Å². The zero-order chi connectivity index (χ0) is 22.6. The minimum Gasteiger partial charge on any atom is -0.378 e. The van der Waals surface area contributed by atoms with Crippen LogP contribution in [0.5, 0.6) is 0 Å². The largest absolute Gasteiger partial charge is 0.446 e. The number of rotatable bonds is 7. The molecule has 168 valence electrons. The van der Waals surface area contributed by atoms with Crippen LogP contribution >= 0.6 is 11.8 Å². The number of anilines is 2. The molecule has 2 aromatic rings. The van der Waals surface area contributed by atoms with Crippen LogP contribution in [0.3, 0.4) is 0 Å². The zero-order valence-electron chi connectivity index (χ0n) is 16.9. The Morgan fingerprint density at radius 1 is 1.32 bits per heavy atom. The highest BCUT2D eigenvalue weighted by atomic mass is 32.2. The summed E-state index contributed by atoms with van der Waals surface area (Å²) in [5.41, 5.74) is 1.39. The quantitative estimate of drug-likeness (QED) is 0.380. The molecule has 31 heavy (non-hydrogen) atoms. The highest BCUT2D eigenvalue weighted by Gasteiger charge is 2.31. The third kappa shape index (κ3) is 6.44. The van der Waals surface area contributed by atoms with E-state index in [4.69, 9.17) is 5.73 Å². The SMILES string of the molecule is CN1CCC(CN(Cc2ccccc2SC(F)(F)F)c2ncc([N+](=O)[O-])c(N)n2)CC1. The maximum Gasteiger partial charge on any atom is 0.446 e. The summed E-state index contributed by atoms with van der Waals surface area (Å²) in [5, 5.41) is 11.0. The Hall–Kier alpha value is -2.60. The molecule has 0 atom stereocenters. The molecule has 12 heteroatoms. The van der Waals surface area contributed by atoms with Gasteiger partial charge in [0, 0.05) is 18.0 Å². The van der Waals surface area contributed by atoms with Crippen molar-refractivity contribution < 1.29 is 18.1 Å². The van der Waals surface area contributed by atoms with E-state index >= 15 is 0 Å². The molecule has 1 saturated heterocycles. The first-order valence-electron chi connectivity index (χ1n) is 9.66. The third-order valence-electron chi connectivity index (χ3n) is 5.14. The fraction of sp³-hybridized carbons (Fsp3) is 0.474. The molecule has 0 aliphatic carbocycles. The normalized spacial score (nSPS) is 15.7. The molecule has 1 aromatic heterocycles. The number of hydrogen-bond acceptors (Lipinski definition) is 8. The topological polar surface area (TPSA) is 101 Å². The second-order valence-electron chi connectivity index (χ2n) is 7.48. The lowest BCUT2D eigenvalue weighted by Crippen LogP contribution is -2.37. The van der Waals surface area contributed by atoms with Gasteiger partial charge in [-0.2, -0.15) is 18.2 Å². The van der Waals surface area contributed by atoms with Gasteiger partial charge in [-0.15, -0.1) is 0 Å². The van der Waals surface area contributed by atoms with Crippen molar-refractivity contribution >= 4 is 29.2 Å². The number of nitro groups is 1. The predicted molar refractivity (Wildman–Crippen MR) is 113 cm³/mol. The first-order valence-corrected chi connectivity index (χ1v) is 10.5. The lowest BCUT2D eigenvalue weighted by molar-refractivity contribution is -0.384. The maximum atomic E-state index is 13.0. The number of aromatic nitrogens is 2. The Labute approximate surface area is 181 Å². The Balaban J connectivity index is 1.90. The molecule has 8 nitrogen and oxygen atoms in total. The molecule has 0 spiro atoms. The number of nitrogens with zero attached hydrogens (tertiary/aromatic N) is 5. The molecule has 0 amide bonds. The van der Waals surface area contributed by atoms with Crippen molar-refractivity contribution in [1.82, 2.24) is 14.9 Å². The van der Waals surface area contributed by atoms with Gasteiger partial charge in [0.1, 0.15) is 6.20 Å². The molecule has 3 rings (SSSR count). The number of thioether (sulfide) groups is 1. The molecule has 0 saturated carbocycles. The zero-order valence-corrected chi connectivity index (χ0v) is 17.7. The summed E-state index contributed by atoms with van der Waals surface area (Å²) in [6.07, 6.45) is 2.89. The monoisotopic (exact) mass is 456 g/mol. The fourth-order valence-corrected chi connectivity index (χ4v) is 4.17. The Morgan fingerprint density at radius 2 is 2.00 bits per heavy atom. The van der Waals surface area contributed by atoms with Crippen molar-refractivity contribution in [2.45, 2.75) is 29.8 Å². The van der Waals surface area contributed by atoms with Crippen LogP contribution in [0.25, 0.3) is 0 Å². The van der Waals surface area contributed by atoms with Crippen molar-refractivity contribution in [3.05, 3.63) is 46.1 Å². The van der Waals surface area contributed by atoms with E-state index in [-0.39, 0.29) is 35.0 Å². The number of hydrogen-bond donors (Lipinski definition) is 1. The van der Waals surface area contributed by atoms with E-state index in [0.717, 1.165) is 32.1 Å². The van der Waals surface area contributed by atoms with Crippen molar-refractivity contribution in [3.8, 4) is 0 Å². The summed E-state index contributed by atoms with van der Waals surface area (Å²) < 4.78 is 39.0. The maximum absolute atomic E-state index is 13.0. The van der Waals surface area contributed by atoms with Gasteiger partial charge in [0.25, 0.3) is 0 Å². The fourth-order valence-electron chi connectivity index (χ4n) is 3.51. The molecule has 0 radical (unpaired) electrons. The van der Waals surface area contributed by atoms with Crippen LogP contribution in [0.15, 0.2) is 35.4 Å². The van der Waals surface area contributed by atoms with Gasteiger partial charge in [-0.1, -0.05) is 18.2 Å². The van der Waals surface area contributed by atoms with Crippen LogP contribution in [0.2, 0.25) is 0 Å². The number of halogens is 3. The standard InChI is InChI=1S/C19H23F3N6O2S/c1-26-8-6-13(7-9-26)11-27(18-24-10-15(28(29)30)17(23)25-18)12-14-4-2-3-5-16(14)31-19(20,21)22/h2-5,10,13H,6-9,11-12H2,1H3,(H2,23,24,25). The number of piperidine rings is 1. The number of alkyl halides is 3. The molecule has 2 heterocycles. The van der Waals surface area contributed by atoms with E-state index in [9.17, 15) is 23.3 Å². The van der Waals surface area contributed by atoms with Crippen LogP contribution < -0.4 is 10.6 Å².